The molecule has 0 aromatic carbocycles. The number of rotatable bonds is 8. The standard InChI is InChI=1S/C12H23NO3/c1-4-5-6-10(12(15)16)13-11(14)8-7-9(2)3/h9-10H,4-8H2,1-3H3,(H,13,14)(H,15,16)/t10-/m0/s1. The summed E-state index contributed by atoms with van der Waals surface area (Å²) in [7, 11) is 0. The fraction of sp³-hybridized carbons (Fsp3) is 0.833. The molecule has 0 spiro atoms. The second-order valence-electron chi connectivity index (χ2n) is 4.53. The van der Waals surface area contributed by atoms with Gasteiger partial charge < -0.3 is 10.4 Å². The van der Waals surface area contributed by atoms with E-state index in [9.17, 15) is 9.59 Å². The fourth-order valence-corrected chi connectivity index (χ4v) is 1.35. The first kappa shape index (κ1) is 14.9. The molecule has 0 fully saturated rings. The zero-order valence-electron chi connectivity index (χ0n) is 10.5. The van der Waals surface area contributed by atoms with Crippen molar-refractivity contribution in [2.24, 2.45) is 5.92 Å². The van der Waals surface area contributed by atoms with Crippen molar-refractivity contribution < 1.29 is 14.7 Å². The van der Waals surface area contributed by atoms with Crippen LogP contribution in [0.5, 0.6) is 0 Å². The molecule has 4 nitrogen and oxygen atoms in total. The van der Waals surface area contributed by atoms with Gasteiger partial charge in [0.25, 0.3) is 0 Å². The second-order valence-corrected chi connectivity index (χ2v) is 4.53. The molecule has 0 aliphatic heterocycles. The second kappa shape index (κ2) is 8.13. The molecule has 0 heterocycles. The maximum absolute atomic E-state index is 11.5. The molecule has 0 rings (SSSR count). The molecule has 1 amide bonds. The molecule has 94 valence electrons. The maximum Gasteiger partial charge on any atom is 0.326 e. The van der Waals surface area contributed by atoms with Gasteiger partial charge in [-0.25, -0.2) is 4.79 Å². The number of nitrogens with one attached hydrogen (secondary N) is 1. The van der Waals surface area contributed by atoms with Crippen LogP contribution in [-0.4, -0.2) is 23.0 Å². The topological polar surface area (TPSA) is 66.4 Å². The quantitative estimate of drug-likeness (QED) is 0.670. The van der Waals surface area contributed by atoms with E-state index in [1.807, 2.05) is 20.8 Å². The van der Waals surface area contributed by atoms with E-state index in [0.29, 0.717) is 18.8 Å². The van der Waals surface area contributed by atoms with Crippen LogP contribution in [0, 0.1) is 5.92 Å². The van der Waals surface area contributed by atoms with Crippen molar-refractivity contribution in [3.63, 3.8) is 0 Å². The van der Waals surface area contributed by atoms with Crippen molar-refractivity contribution >= 4 is 11.9 Å². The number of carboxylic acids is 1. The van der Waals surface area contributed by atoms with E-state index >= 15 is 0 Å². The number of carbonyl (C=O) groups excluding carboxylic acids is 1. The largest absolute Gasteiger partial charge is 0.480 e. The zero-order chi connectivity index (χ0) is 12.6. The number of carbonyl (C=O) groups is 2. The van der Waals surface area contributed by atoms with Crippen LogP contribution in [0.25, 0.3) is 0 Å². The van der Waals surface area contributed by atoms with Gasteiger partial charge >= 0.3 is 5.97 Å². The summed E-state index contributed by atoms with van der Waals surface area (Å²) in [5.74, 6) is -0.631. The number of carboxylic acid groups (broad SMARTS) is 1. The van der Waals surface area contributed by atoms with Crippen molar-refractivity contribution in [1.82, 2.24) is 5.32 Å². The predicted molar refractivity (Wildman–Crippen MR) is 63.2 cm³/mol. The van der Waals surface area contributed by atoms with Crippen LogP contribution < -0.4 is 5.32 Å². The normalized spacial score (nSPS) is 12.5. The highest BCUT2D eigenvalue weighted by atomic mass is 16.4. The molecular formula is C12H23NO3. The Hall–Kier alpha value is -1.06. The molecule has 1 atom stereocenters. The number of aliphatic carboxylic acids is 1. The van der Waals surface area contributed by atoms with Gasteiger partial charge in [-0.3, -0.25) is 4.79 Å². The summed E-state index contributed by atoms with van der Waals surface area (Å²) in [5, 5.41) is 11.5. The minimum atomic E-state index is -0.939. The molecule has 0 aromatic heterocycles. The minimum absolute atomic E-state index is 0.155. The van der Waals surface area contributed by atoms with Crippen LogP contribution >= 0.6 is 0 Å². The molecule has 16 heavy (non-hydrogen) atoms. The van der Waals surface area contributed by atoms with Crippen molar-refractivity contribution in [2.45, 2.75) is 58.9 Å². The van der Waals surface area contributed by atoms with Crippen LogP contribution in [0.1, 0.15) is 52.9 Å². The van der Waals surface area contributed by atoms with Gasteiger partial charge in [-0.15, -0.1) is 0 Å². The van der Waals surface area contributed by atoms with Crippen molar-refractivity contribution in [2.75, 3.05) is 0 Å². The van der Waals surface area contributed by atoms with Gasteiger partial charge in [0, 0.05) is 6.42 Å². The lowest BCUT2D eigenvalue weighted by Gasteiger charge is -2.14. The number of amides is 1. The van der Waals surface area contributed by atoms with Gasteiger partial charge in [0.15, 0.2) is 0 Å². The fourth-order valence-electron chi connectivity index (χ4n) is 1.35. The van der Waals surface area contributed by atoms with Gasteiger partial charge in [-0.2, -0.15) is 0 Å². The number of unbranched alkanes of at least 4 members (excludes halogenated alkanes) is 1. The monoisotopic (exact) mass is 229 g/mol. The molecule has 0 saturated heterocycles. The third-order valence-corrected chi connectivity index (χ3v) is 2.43. The number of hydrogen-bond donors (Lipinski definition) is 2. The zero-order valence-corrected chi connectivity index (χ0v) is 10.5. The van der Waals surface area contributed by atoms with Gasteiger partial charge in [0.1, 0.15) is 6.04 Å². The molecule has 0 saturated carbocycles. The van der Waals surface area contributed by atoms with Crippen LogP contribution in [0.2, 0.25) is 0 Å². The Bertz CT molecular complexity index is 226. The smallest absolute Gasteiger partial charge is 0.326 e. The Morgan fingerprint density at radius 1 is 1.25 bits per heavy atom. The summed E-state index contributed by atoms with van der Waals surface area (Å²) in [4.78, 5) is 22.3. The van der Waals surface area contributed by atoms with E-state index in [2.05, 4.69) is 5.32 Å². The summed E-state index contributed by atoms with van der Waals surface area (Å²) >= 11 is 0. The average Bonchev–Trinajstić information content (AvgIpc) is 2.20. The first-order valence-corrected chi connectivity index (χ1v) is 5.99. The lowest BCUT2D eigenvalue weighted by Crippen LogP contribution is -2.40. The third-order valence-electron chi connectivity index (χ3n) is 2.43. The van der Waals surface area contributed by atoms with Gasteiger partial charge in [0.05, 0.1) is 0 Å². The Kier molecular flexibility index (Phi) is 7.60. The Balaban J connectivity index is 3.98. The number of hydrogen-bond acceptors (Lipinski definition) is 2. The highest BCUT2D eigenvalue weighted by molar-refractivity contribution is 5.83. The summed E-state index contributed by atoms with van der Waals surface area (Å²) in [6.45, 7) is 6.08. The van der Waals surface area contributed by atoms with E-state index in [1.54, 1.807) is 0 Å². The van der Waals surface area contributed by atoms with Gasteiger partial charge in [-0.05, 0) is 18.8 Å². The first-order chi connectivity index (χ1) is 7.47. The minimum Gasteiger partial charge on any atom is -0.480 e. The van der Waals surface area contributed by atoms with E-state index < -0.39 is 12.0 Å². The third kappa shape index (κ3) is 7.26. The Morgan fingerprint density at radius 3 is 2.31 bits per heavy atom. The first-order valence-electron chi connectivity index (χ1n) is 5.99. The Labute approximate surface area is 97.4 Å². The molecule has 0 unspecified atom stereocenters. The molecule has 0 radical (unpaired) electrons. The maximum atomic E-state index is 11.5. The van der Waals surface area contributed by atoms with E-state index in [-0.39, 0.29) is 5.91 Å². The van der Waals surface area contributed by atoms with Crippen LogP contribution in [0.15, 0.2) is 0 Å². The van der Waals surface area contributed by atoms with Crippen LogP contribution in [0.4, 0.5) is 0 Å². The predicted octanol–water partition coefficient (Wildman–Crippen LogP) is 2.18. The highest BCUT2D eigenvalue weighted by Crippen LogP contribution is 2.05. The molecule has 4 heteroatoms. The van der Waals surface area contributed by atoms with E-state index in [1.165, 1.54) is 0 Å². The molecule has 0 aromatic rings. The van der Waals surface area contributed by atoms with Crippen LogP contribution in [0.3, 0.4) is 0 Å². The van der Waals surface area contributed by atoms with Crippen molar-refractivity contribution in [3.8, 4) is 0 Å². The van der Waals surface area contributed by atoms with Crippen molar-refractivity contribution in [1.29, 1.82) is 0 Å². The molecular weight excluding hydrogens is 206 g/mol. The average molecular weight is 229 g/mol. The van der Waals surface area contributed by atoms with Gasteiger partial charge in [0.2, 0.25) is 5.91 Å². The molecule has 0 bridgehead atoms. The summed E-state index contributed by atoms with van der Waals surface area (Å²) in [6, 6.07) is -0.723. The SMILES string of the molecule is CCCC[C@H](NC(=O)CCC(C)C)C(=O)O. The van der Waals surface area contributed by atoms with Crippen molar-refractivity contribution in [3.05, 3.63) is 0 Å². The summed E-state index contributed by atoms with van der Waals surface area (Å²) < 4.78 is 0. The summed E-state index contributed by atoms with van der Waals surface area (Å²) in [6.07, 6.45) is 3.48. The summed E-state index contributed by atoms with van der Waals surface area (Å²) in [5.41, 5.74) is 0. The molecule has 2 N–H and O–H groups in total. The van der Waals surface area contributed by atoms with Crippen LogP contribution in [-0.2, 0) is 9.59 Å². The van der Waals surface area contributed by atoms with Gasteiger partial charge in [-0.1, -0.05) is 33.6 Å². The molecule has 0 aliphatic carbocycles. The highest BCUT2D eigenvalue weighted by Gasteiger charge is 2.18. The Morgan fingerprint density at radius 2 is 1.88 bits per heavy atom. The lowest BCUT2D eigenvalue weighted by atomic mass is 10.1. The van der Waals surface area contributed by atoms with E-state index in [4.69, 9.17) is 5.11 Å². The van der Waals surface area contributed by atoms with E-state index in [0.717, 1.165) is 19.3 Å². The lowest BCUT2D eigenvalue weighted by molar-refractivity contribution is -0.142. The molecule has 0 aliphatic rings.